The lowest BCUT2D eigenvalue weighted by Crippen LogP contribution is -2.51. The van der Waals surface area contributed by atoms with Crippen LogP contribution in [0.15, 0.2) is 12.1 Å². The molecule has 1 heterocycles. The fraction of sp³-hybridized carbons (Fsp3) is 0.467. The number of methoxy groups -OCH3 is 2. The molecule has 10 nitrogen and oxygen atoms in total. The standard InChI is InChI=1S/C15H18N2O8/c1-24-12-6-9(10(17(22)23)7-13(12)25-2)14(19)16-4-3-8(18)5-11(16)15(20)21/h6-8,11,18H,3-5H2,1-2H3,(H,20,21)/t8-,11+/m1/s1. The van der Waals surface area contributed by atoms with Crippen LogP contribution in [-0.4, -0.2) is 64.8 Å². The van der Waals surface area contributed by atoms with Crippen molar-refractivity contribution in [1.29, 1.82) is 0 Å². The summed E-state index contributed by atoms with van der Waals surface area (Å²) in [6, 6.07) is 0.952. The lowest BCUT2D eigenvalue weighted by molar-refractivity contribution is -0.385. The number of rotatable bonds is 5. The second kappa shape index (κ2) is 7.34. The van der Waals surface area contributed by atoms with E-state index < -0.39 is 34.6 Å². The smallest absolute Gasteiger partial charge is 0.326 e. The molecule has 1 fully saturated rings. The summed E-state index contributed by atoms with van der Waals surface area (Å²) in [7, 11) is 2.62. The Hall–Kier alpha value is -2.88. The second-order valence-electron chi connectivity index (χ2n) is 5.51. The summed E-state index contributed by atoms with van der Waals surface area (Å²) in [5, 5.41) is 30.3. The molecule has 1 aliphatic heterocycles. The van der Waals surface area contributed by atoms with Crippen LogP contribution < -0.4 is 9.47 Å². The number of amides is 1. The maximum Gasteiger partial charge on any atom is 0.326 e. The highest BCUT2D eigenvalue weighted by Crippen LogP contribution is 2.35. The highest BCUT2D eigenvalue weighted by Gasteiger charge is 2.38. The van der Waals surface area contributed by atoms with Gasteiger partial charge in [0.05, 0.1) is 31.3 Å². The molecule has 1 aromatic carbocycles. The molecule has 0 saturated carbocycles. The number of piperidine rings is 1. The summed E-state index contributed by atoms with van der Waals surface area (Å²) in [4.78, 5) is 35.8. The van der Waals surface area contributed by atoms with Crippen LogP contribution in [0.5, 0.6) is 11.5 Å². The van der Waals surface area contributed by atoms with Gasteiger partial charge in [-0.1, -0.05) is 0 Å². The minimum absolute atomic E-state index is 0.0253. The van der Waals surface area contributed by atoms with Gasteiger partial charge in [0.2, 0.25) is 0 Å². The first-order valence-corrected chi connectivity index (χ1v) is 7.42. The molecular formula is C15H18N2O8. The normalized spacial score (nSPS) is 20.0. The molecule has 0 aliphatic carbocycles. The number of aliphatic carboxylic acids is 1. The van der Waals surface area contributed by atoms with Crippen molar-refractivity contribution in [3.8, 4) is 11.5 Å². The first-order valence-electron chi connectivity index (χ1n) is 7.42. The molecule has 2 rings (SSSR count). The summed E-state index contributed by atoms with van der Waals surface area (Å²) >= 11 is 0. The summed E-state index contributed by atoms with van der Waals surface area (Å²) < 4.78 is 10.1. The van der Waals surface area contributed by atoms with E-state index in [1.165, 1.54) is 14.2 Å². The number of carboxylic acid groups (broad SMARTS) is 1. The average molecular weight is 354 g/mol. The van der Waals surface area contributed by atoms with E-state index >= 15 is 0 Å². The van der Waals surface area contributed by atoms with E-state index in [9.17, 15) is 29.9 Å². The van der Waals surface area contributed by atoms with Crippen LogP contribution in [0.4, 0.5) is 5.69 Å². The topological polar surface area (TPSA) is 139 Å². The van der Waals surface area contributed by atoms with Gasteiger partial charge in [-0.05, 0) is 6.42 Å². The molecule has 10 heteroatoms. The molecule has 1 amide bonds. The van der Waals surface area contributed by atoms with Gasteiger partial charge >= 0.3 is 5.97 Å². The SMILES string of the molecule is COc1cc(C(=O)N2CC[C@@H](O)C[C@H]2C(=O)O)c([N+](=O)[O-])cc1OC. The largest absolute Gasteiger partial charge is 0.493 e. The number of aliphatic hydroxyl groups excluding tert-OH is 1. The molecule has 2 atom stereocenters. The Morgan fingerprint density at radius 1 is 1.28 bits per heavy atom. The Morgan fingerprint density at radius 3 is 2.40 bits per heavy atom. The van der Waals surface area contributed by atoms with Crippen molar-refractivity contribution in [3.63, 3.8) is 0 Å². The number of nitro groups is 1. The number of carboxylic acids is 1. The fourth-order valence-electron chi connectivity index (χ4n) is 2.77. The van der Waals surface area contributed by atoms with E-state index in [1.807, 2.05) is 0 Å². The summed E-state index contributed by atoms with van der Waals surface area (Å²) in [6.45, 7) is -0.0253. The number of carbonyl (C=O) groups is 2. The lowest BCUT2D eigenvalue weighted by atomic mass is 9.98. The Labute approximate surface area is 142 Å². The zero-order valence-electron chi connectivity index (χ0n) is 13.7. The van der Waals surface area contributed by atoms with Crippen molar-refractivity contribution in [2.75, 3.05) is 20.8 Å². The van der Waals surface area contributed by atoms with Crippen LogP contribution >= 0.6 is 0 Å². The van der Waals surface area contributed by atoms with Crippen LogP contribution in [-0.2, 0) is 4.79 Å². The van der Waals surface area contributed by atoms with Crippen molar-refractivity contribution in [1.82, 2.24) is 4.90 Å². The number of aliphatic hydroxyl groups is 1. The Bertz CT molecular complexity index is 705. The third kappa shape index (κ3) is 3.63. The van der Waals surface area contributed by atoms with Crippen LogP contribution in [0.3, 0.4) is 0 Å². The van der Waals surface area contributed by atoms with Crippen molar-refractivity contribution in [3.05, 3.63) is 27.8 Å². The van der Waals surface area contributed by atoms with Gasteiger partial charge in [-0.25, -0.2) is 4.79 Å². The third-order valence-corrected chi connectivity index (χ3v) is 4.05. The molecule has 0 aromatic heterocycles. The molecule has 1 aliphatic rings. The number of benzene rings is 1. The molecule has 1 aromatic rings. The van der Waals surface area contributed by atoms with E-state index in [4.69, 9.17) is 9.47 Å². The minimum Gasteiger partial charge on any atom is -0.493 e. The number of carbonyl (C=O) groups excluding carboxylic acids is 1. The first kappa shape index (κ1) is 18.5. The van der Waals surface area contributed by atoms with Crippen LogP contribution in [0.1, 0.15) is 23.2 Å². The highest BCUT2D eigenvalue weighted by molar-refractivity contribution is 6.01. The van der Waals surface area contributed by atoms with Gasteiger partial charge in [0.25, 0.3) is 11.6 Å². The van der Waals surface area contributed by atoms with Crippen molar-refractivity contribution < 1.29 is 34.2 Å². The predicted octanol–water partition coefficient (Wildman–Crippen LogP) is 0.662. The second-order valence-corrected chi connectivity index (χ2v) is 5.51. The van der Waals surface area contributed by atoms with Gasteiger partial charge in [0, 0.05) is 19.0 Å². The Kier molecular flexibility index (Phi) is 5.42. The van der Waals surface area contributed by atoms with E-state index in [2.05, 4.69) is 0 Å². The molecule has 0 bridgehead atoms. The van der Waals surface area contributed by atoms with E-state index in [0.29, 0.717) is 0 Å². The number of ether oxygens (including phenoxy) is 2. The summed E-state index contributed by atoms with van der Waals surface area (Å²) in [6.07, 6.45) is -0.788. The minimum atomic E-state index is -1.28. The van der Waals surface area contributed by atoms with Gasteiger partial charge in [-0.2, -0.15) is 0 Å². The van der Waals surface area contributed by atoms with Gasteiger partial charge in [-0.3, -0.25) is 14.9 Å². The molecule has 25 heavy (non-hydrogen) atoms. The zero-order valence-corrected chi connectivity index (χ0v) is 13.7. The van der Waals surface area contributed by atoms with Crippen LogP contribution in [0.25, 0.3) is 0 Å². The third-order valence-electron chi connectivity index (χ3n) is 4.05. The van der Waals surface area contributed by atoms with Gasteiger partial charge in [-0.15, -0.1) is 0 Å². The molecular weight excluding hydrogens is 336 g/mol. The van der Waals surface area contributed by atoms with Gasteiger partial charge in [0.15, 0.2) is 11.5 Å². The average Bonchev–Trinajstić information content (AvgIpc) is 2.59. The van der Waals surface area contributed by atoms with Crippen molar-refractivity contribution in [2.24, 2.45) is 0 Å². The highest BCUT2D eigenvalue weighted by atomic mass is 16.6. The molecule has 0 spiro atoms. The van der Waals surface area contributed by atoms with Gasteiger partial charge < -0.3 is 24.6 Å². The van der Waals surface area contributed by atoms with Crippen LogP contribution in [0.2, 0.25) is 0 Å². The number of hydrogen-bond donors (Lipinski definition) is 2. The molecule has 2 N–H and O–H groups in total. The van der Waals surface area contributed by atoms with Crippen LogP contribution in [0, 0.1) is 10.1 Å². The Balaban J connectivity index is 2.50. The van der Waals surface area contributed by atoms with E-state index in [-0.39, 0.29) is 36.4 Å². The number of nitrogens with zero attached hydrogens (tertiary/aromatic N) is 2. The number of likely N-dealkylation sites (tertiary alicyclic amines) is 1. The summed E-state index contributed by atoms with van der Waals surface area (Å²) in [5.74, 6) is -1.91. The molecule has 1 saturated heterocycles. The van der Waals surface area contributed by atoms with Gasteiger partial charge in [0.1, 0.15) is 11.6 Å². The molecule has 0 unspecified atom stereocenters. The van der Waals surface area contributed by atoms with E-state index in [1.54, 1.807) is 0 Å². The number of nitro benzene ring substituents is 1. The summed E-state index contributed by atoms with van der Waals surface area (Å²) in [5.41, 5.74) is -0.816. The predicted molar refractivity (Wildman–Crippen MR) is 83.9 cm³/mol. The quantitative estimate of drug-likeness (QED) is 0.580. The van der Waals surface area contributed by atoms with Crippen molar-refractivity contribution in [2.45, 2.75) is 25.0 Å². The first-order chi connectivity index (χ1) is 11.8. The van der Waals surface area contributed by atoms with E-state index in [0.717, 1.165) is 17.0 Å². The monoisotopic (exact) mass is 354 g/mol. The zero-order chi connectivity index (χ0) is 18.7. The number of hydrogen-bond acceptors (Lipinski definition) is 7. The maximum atomic E-state index is 12.8. The molecule has 0 radical (unpaired) electrons. The maximum absolute atomic E-state index is 12.8. The fourth-order valence-corrected chi connectivity index (χ4v) is 2.77. The van der Waals surface area contributed by atoms with Crippen molar-refractivity contribution >= 4 is 17.6 Å². The Morgan fingerprint density at radius 2 is 1.88 bits per heavy atom. The lowest BCUT2D eigenvalue weighted by Gasteiger charge is -2.35. The molecule has 136 valence electrons.